The Labute approximate surface area is 168 Å². The molecule has 0 spiro atoms. The van der Waals surface area contributed by atoms with Crippen molar-refractivity contribution in [3.8, 4) is 11.5 Å². The number of fused-ring (bicyclic) bond motifs is 1. The lowest BCUT2D eigenvalue weighted by Crippen LogP contribution is -2.22. The Kier molecular flexibility index (Phi) is 5.38. The molecule has 5 nitrogen and oxygen atoms in total. The van der Waals surface area contributed by atoms with Gasteiger partial charge in [0.15, 0.2) is 0 Å². The number of amides is 1. The van der Waals surface area contributed by atoms with Gasteiger partial charge in [0.2, 0.25) is 0 Å². The zero-order valence-corrected chi connectivity index (χ0v) is 15.7. The average Bonchev–Trinajstić information content (AvgIpc) is 2.77. The van der Waals surface area contributed by atoms with E-state index in [4.69, 9.17) is 4.74 Å². The van der Waals surface area contributed by atoms with Gasteiger partial charge in [-0.2, -0.15) is 0 Å². The molecule has 2 N–H and O–H groups in total. The van der Waals surface area contributed by atoms with Crippen molar-refractivity contribution < 1.29 is 14.6 Å². The number of phenols is 1. The van der Waals surface area contributed by atoms with Gasteiger partial charge in [-0.05, 0) is 53.6 Å². The van der Waals surface area contributed by atoms with Gasteiger partial charge in [-0.3, -0.25) is 9.78 Å². The molecule has 0 radical (unpaired) electrons. The highest BCUT2D eigenvalue weighted by atomic mass is 16.5. The first kappa shape index (κ1) is 18.5. The number of carbonyl (C=O) groups excluding carboxylic acids is 1. The number of rotatable bonds is 6. The largest absolute Gasteiger partial charge is 0.508 e. The molecule has 3 aromatic carbocycles. The number of benzene rings is 3. The van der Waals surface area contributed by atoms with Crippen LogP contribution in [0.25, 0.3) is 10.9 Å². The summed E-state index contributed by atoms with van der Waals surface area (Å²) in [5.74, 6) is 0.689. The first-order chi connectivity index (χ1) is 14.2. The highest BCUT2D eigenvalue weighted by Gasteiger charge is 2.08. The highest BCUT2D eigenvalue weighted by molar-refractivity contribution is 5.94. The zero-order valence-electron chi connectivity index (χ0n) is 15.7. The zero-order chi connectivity index (χ0) is 20.1. The molecule has 0 saturated heterocycles. The van der Waals surface area contributed by atoms with Crippen LogP contribution in [0.1, 0.15) is 21.5 Å². The van der Waals surface area contributed by atoms with Gasteiger partial charge in [0.25, 0.3) is 5.91 Å². The Morgan fingerprint density at radius 1 is 0.931 bits per heavy atom. The van der Waals surface area contributed by atoms with Gasteiger partial charge in [-0.15, -0.1) is 0 Å². The maximum absolute atomic E-state index is 12.3. The number of carbonyl (C=O) groups is 1. The lowest BCUT2D eigenvalue weighted by Gasteiger charge is -2.11. The molecule has 0 unspecified atom stereocenters. The Morgan fingerprint density at radius 3 is 2.52 bits per heavy atom. The lowest BCUT2D eigenvalue weighted by molar-refractivity contribution is 0.0951. The molecule has 29 heavy (non-hydrogen) atoms. The van der Waals surface area contributed by atoms with E-state index in [0.717, 1.165) is 27.8 Å². The van der Waals surface area contributed by atoms with Crippen LogP contribution in [0.5, 0.6) is 11.5 Å². The Bertz CT molecular complexity index is 1130. The average molecular weight is 384 g/mol. The molecule has 0 saturated carbocycles. The van der Waals surface area contributed by atoms with Crippen molar-refractivity contribution in [1.29, 1.82) is 0 Å². The summed E-state index contributed by atoms with van der Waals surface area (Å²) in [5, 5.41) is 13.1. The minimum absolute atomic E-state index is 0.131. The molecule has 1 heterocycles. The highest BCUT2D eigenvalue weighted by Crippen LogP contribution is 2.26. The summed E-state index contributed by atoms with van der Waals surface area (Å²) in [6, 6.07) is 23.8. The van der Waals surface area contributed by atoms with Crippen molar-refractivity contribution >= 4 is 16.8 Å². The molecule has 0 atom stereocenters. The minimum atomic E-state index is -0.197. The van der Waals surface area contributed by atoms with Crippen LogP contribution < -0.4 is 10.1 Å². The van der Waals surface area contributed by atoms with E-state index in [1.807, 2.05) is 54.6 Å². The quantitative estimate of drug-likeness (QED) is 0.515. The smallest absolute Gasteiger partial charge is 0.251 e. The molecule has 4 rings (SSSR count). The molecule has 0 aliphatic rings. The molecule has 4 aromatic rings. The number of aromatic hydroxyl groups is 1. The SMILES string of the molecule is O=C(NCc1ccc2nccc(OCc3ccccc3)c2c1)c1ccc(O)cc1. The van der Waals surface area contributed by atoms with Crippen LogP contribution >= 0.6 is 0 Å². The van der Waals surface area contributed by atoms with Crippen molar-refractivity contribution in [3.05, 3.63) is 102 Å². The van der Waals surface area contributed by atoms with E-state index in [-0.39, 0.29) is 11.7 Å². The molecule has 0 bridgehead atoms. The molecular weight excluding hydrogens is 364 g/mol. The molecule has 1 aromatic heterocycles. The molecular formula is C24H20N2O3. The lowest BCUT2D eigenvalue weighted by atomic mass is 10.1. The van der Waals surface area contributed by atoms with Gasteiger partial charge < -0.3 is 15.2 Å². The van der Waals surface area contributed by atoms with Gasteiger partial charge in [0, 0.05) is 23.7 Å². The van der Waals surface area contributed by atoms with E-state index in [2.05, 4.69) is 10.3 Å². The van der Waals surface area contributed by atoms with E-state index >= 15 is 0 Å². The number of phenolic OH excluding ortho intramolecular Hbond substituents is 1. The Morgan fingerprint density at radius 2 is 1.72 bits per heavy atom. The van der Waals surface area contributed by atoms with Crippen LogP contribution in [0.15, 0.2) is 85.1 Å². The normalized spacial score (nSPS) is 10.6. The third-order valence-electron chi connectivity index (χ3n) is 4.59. The predicted octanol–water partition coefficient (Wildman–Crippen LogP) is 4.45. The third-order valence-corrected chi connectivity index (χ3v) is 4.59. The van der Waals surface area contributed by atoms with E-state index in [1.54, 1.807) is 18.3 Å². The molecule has 0 aliphatic carbocycles. The maximum atomic E-state index is 12.3. The summed E-state index contributed by atoms with van der Waals surface area (Å²) in [4.78, 5) is 16.7. The standard InChI is InChI=1S/C24H20N2O3/c27-20-9-7-19(8-10-20)24(28)26-15-18-6-11-22-21(14-18)23(12-13-25-22)29-16-17-4-2-1-3-5-17/h1-14,27H,15-16H2,(H,26,28). The van der Waals surface area contributed by atoms with Crippen molar-refractivity contribution in [3.63, 3.8) is 0 Å². The molecule has 0 aliphatic heterocycles. The maximum Gasteiger partial charge on any atom is 0.251 e. The van der Waals surface area contributed by atoms with Crippen LogP contribution in [0, 0.1) is 0 Å². The van der Waals surface area contributed by atoms with E-state index in [1.165, 1.54) is 12.1 Å². The fraction of sp³-hybridized carbons (Fsp3) is 0.0833. The number of pyridine rings is 1. The van der Waals surface area contributed by atoms with Crippen LogP contribution in [-0.2, 0) is 13.2 Å². The first-order valence-electron chi connectivity index (χ1n) is 9.31. The van der Waals surface area contributed by atoms with E-state index < -0.39 is 0 Å². The Balaban J connectivity index is 1.49. The molecule has 1 amide bonds. The minimum Gasteiger partial charge on any atom is -0.508 e. The summed E-state index contributed by atoms with van der Waals surface area (Å²) in [7, 11) is 0. The fourth-order valence-electron chi connectivity index (χ4n) is 3.04. The number of nitrogens with zero attached hydrogens (tertiary/aromatic N) is 1. The summed E-state index contributed by atoms with van der Waals surface area (Å²) in [5.41, 5.74) is 3.37. The number of hydrogen-bond donors (Lipinski definition) is 2. The number of ether oxygens (including phenoxy) is 1. The number of nitrogens with one attached hydrogen (secondary N) is 1. The Hall–Kier alpha value is -3.86. The predicted molar refractivity (Wildman–Crippen MR) is 112 cm³/mol. The van der Waals surface area contributed by atoms with Crippen LogP contribution in [0.3, 0.4) is 0 Å². The van der Waals surface area contributed by atoms with Gasteiger partial charge in [0.05, 0.1) is 5.52 Å². The van der Waals surface area contributed by atoms with Crippen molar-refractivity contribution in [2.75, 3.05) is 0 Å². The second-order valence-corrected chi connectivity index (χ2v) is 6.66. The van der Waals surface area contributed by atoms with Crippen LogP contribution in [0.2, 0.25) is 0 Å². The monoisotopic (exact) mass is 384 g/mol. The van der Waals surface area contributed by atoms with Gasteiger partial charge in [0.1, 0.15) is 18.1 Å². The second-order valence-electron chi connectivity index (χ2n) is 6.66. The van der Waals surface area contributed by atoms with E-state index in [9.17, 15) is 9.90 Å². The summed E-state index contributed by atoms with van der Waals surface area (Å²) >= 11 is 0. The fourth-order valence-corrected chi connectivity index (χ4v) is 3.04. The number of hydrogen-bond acceptors (Lipinski definition) is 4. The molecule has 0 fully saturated rings. The van der Waals surface area contributed by atoms with Gasteiger partial charge in [-0.25, -0.2) is 0 Å². The first-order valence-corrected chi connectivity index (χ1v) is 9.31. The molecule has 144 valence electrons. The summed E-state index contributed by atoms with van der Waals surface area (Å²) in [6.45, 7) is 0.852. The molecule has 5 heteroatoms. The van der Waals surface area contributed by atoms with Crippen molar-refractivity contribution in [2.24, 2.45) is 0 Å². The van der Waals surface area contributed by atoms with Crippen molar-refractivity contribution in [1.82, 2.24) is 10.3 Å². The van der Waals surface area contributed by atoms with Crippen LogP contribution in [0.4, 0.5) is 0 Å². The van der Waals surface area contributed by atoms with Gasteiger partial charge >= 0.3 is 0 Å². The topological polar surface area (TPSA) is 71.5 Å². The number of aromatic nitrogens is 1. The third kappa shape index (κ3) is 4.52. The second kappa shape index (κ2) is 8.44. The summed E-state index contributed by atoms with van der Waals surface area (Å²) in [6.07, 6.45) is 1.73. The van der Waals surface area contributed by atoms with E-state index in [0.29, 0.717) is 18.7 Å². The van der Waals surface area contributed by atoms with Crippen molar-refractivity contribution in [2.45, 2.75) is 13.2 Å². The van der Waals surface area contributed by atoms with Gasteiger partial charge in [-0.1, -0.05) is 36.4 Å². The van der Waals surface area contributed by atoms with Crippen LogP contribution in [-0.4, -0.2) is 16.0 Å². The summed E-state index contributed by atoms with van der Waals surface area (Å²) < 4.78 is 6.02.